The molecule has 0 aliphatic carbocycles. The van der Waals surface area contributed by atoms with E-state index >= 15 is 0 Å². The molecule has 0 fully saturated rings. The second-order valence-electron chi connectivity index (χ2n) is 5.69. The van der Waals surface area contributed by atoms with E-state index in [0.29, 0.717) is 6.42 Å². The van der Waals surface area contributed by atoms with Crippen LogP contribution in [0.15, 0.2) is 88.2 Å². The van der Waals surface area contributed by atoms with Crippen molar-refractivity contribution in [1.29, 1.82) is 0 Å². The van der Waals surface area contributed by atoms with Gasteiger partial charge in [-0.05, 0) is 29.8 Å². The van der Waals surface area contributed by atoms with Crippen LogP contribution in [-0.2, 0) is 0 Å². The van der Waals surface area contributed by atoms with Gasteiger partial charge in [-0.3, -0.25) is 4.79 Å². The quantitative estimate of drug-likeness (QED) is 0.301. The molecular weight excluding hydrogens is 394 g/mol. The topological polar surface area (TPSA) is 43.1 Å². The number of anilines is 1. The van der Waals surface area contributed by atoms with Crippen molar-refractivity contribution in [2.45, 2.75) is 16.6 Å². The molecule has 4 heteroatoms. The van der Waals surface area contributed by atoms with E-state index in [9.17, 15) is 4.79 Å². The lowest BCUT2D eigenvalue weighted by Gasteiger charge is -2.18. The van der Waals surface area contributed by atoms with Gasteiger partial charge in [0, 0.05) is 32.3 Å². The minimum atomic E-state index is 0.00510. The summed E-state index contributed by atoms with van der Waals surface area (Å²) in [7, 11) is 0. The molecular formula is C21H18BrNOS. The van der Waals surface area contributed by atoms with E-state index in [1.165, 1.54) is 0 Å². The van der Waals surface area contributed by atoms with Crippen molar-refractivity contribution >= 4 is 39.2 Å². The molecule has 0 radical (unpaired) electrons. The summed E-state index contributed by atoms with van der Waals surface area (Å²) in [4.78, 5) is 13.7. The fraction of sp³-hybridized carbons (Fsp3) is 0.0952. The summed E-state index contributed by atoms with van der Waals surface area (Å²) >= 11 is 5.10. The molecule has 2 nitrogen and oxygen atoms in total. The predicted molar refractivity (Wildman–Crippen MR) is 109 cm³/mol. The van der Waals surface area contributed by atoms with E-state index < -0.39 is 0 Å². The van der Waals surface area contributed by atoms with Gasteiger partial charge < -0.3 is 5.73 Å². The van der Waals surface area contributed by atoms with Gasteiger partial charge in [0.2, 0.25) is 0 Å². The molecule has 2 N–H and O–H groups in total. The van der Waals surface area contributed by atoms with E-state index in [-0.39, 0.29) is 11.0 Å². The minimum Gasteiger partial charge on any atom is -0.398 e. The number of carbonyl (C=O) groups excluding carboxylic acids is 1. The van der Waals surface area contributed by atoms with Crippen LogP contribution in [0.5, 0.6) is 0 Å². The van der Waals surface area contributed by atoms with Crippen LogP contribution in [0.2, 0.25) is 0 Å². The van der Waals surface area contributed by atoms with Crippen molar-refractivity contribution in [3.05, 3.63) is 94.5 Å². The van der Waals surface area contributed by atoms with E-state index in [1.807, 2.05) is 66.7 Å². The van der Waals surface area contributed by atoms with Crippen molar-refractivity contribution in [2.75, 3.05) is 5.73 Å². The SMILES string of the molecule is Nc1ccccc1SC(CC(=O)c1ccccc1)c1ccc(Br)cc1. The Morgan fingerprint density at radius 1 is 0.920 bits per heavy atom. The van der Waals surface area contributed by atoms with E-state index in [0.717, 1.165) is 26.2 Å². The lowest BCUT2D eigenvalue weighted by Crippen LogP contribution is -2.06. The average Bonchev–Trinajstić information content (AvgIpc) is 2.64. The van der Waals surface area contributed by atoms with Gasteiger partial charge in [-0.15, -0.1) is 11.8 Å². The first-order valence-corrected chi connectivity index (χ1v) is 9.65. The van der Waals surface area contributed by atoms with E-state index in [1.54, 1.807) is 11.8 Å². The summed E-state index contributed by atoms with van der Waals surface area (Å²) in [5.74, 6) is 0.135. The average molecular weight is 412 g/mol. The molecule has 0 bridgehead atoms. The van der Waals surface area contributed by atoms with Gasteiger partial charge in [0.1, 0.15) is 0 Å². The molecule has 0 aromatic heterocycles. The highest BCUT2D eigenvalue weighted by molar-refractivity contribution is 9.10. The second kappa shape index (κ2) is 8.37. The monoisotopic (exact) mass is 411 g/mol. The zero-order valence-corrected chi connectivity index (χ0v) is 16.0. The number of para-hydroxylation sites is 1. The summed E-state index contributed by atoms with van der Waals surface area (Å²) in [5.41, 5.74) is 8.69. The maximum atomic E-state index is 12.7. The highest BCUT2D eigenvalue weighted by Crippen LogP contribution is 2.41. The highest BCUT2D eigenvalue weighted by Gasteiger charge is 2.19. The van der Waals surface area contributed by atoms with Crippen LogP contribution in [0, 0.1) is 0 Å². The molecule has 1 atom stereocenters. The van der Waals surface area contributed by atoms with Gasteiger partial charge >= 0.3 is 0 Å². The van der Waals surface area contributed by atoms with Gasteiger partial charge in [0.15, 0.2) is 5.78 Å². The lowest BCUT2D eigenvalue weighted by molar-refractivity contribution is 0.0982. The lowest BCUT2D eigenvalue weighted by atomic mass is 10.0. The molecule has 1 unspecified atom stereocenters. The van der Waals surface area contributed by atoms with E-state index in [2.05, 4.69) is 28.1 Å². The number of benzene rings is 3. The van der Waals surface area contributed by atoms with Gasteiger partial charge in [-0.2, -0.15) is 0 Å². The first-order valence-electron chi connectivity index (χ1n) is 7.98. The Bertz CT molecular complexity index is 849. The van der Waals surface area contributed by atoms with Crippen molar-refractivity contribution < 1.29 is 4.79 Å². The molecule has 25 heavy (non-hydrogen) atoms. The standard InChI is InChI=1S/C21H18BrNOS/c22-17-12-10-16(11-13-17)21(25-20-9-5-4-8-18(20)23)14-19(24)15-6-2-1-3-7-15/h1-13,21H,14,23H2. The Labute approximate surface area is 160 Å². The van der Waals surface area contributed by atoms with Gasteiger partial charge in [0.25, 0.3) is 0 Å². The van der Waals surface area contributed by atoms with Crippen LogP contribution in [-0.4, -0.2) is 5.78 Å². The molecule has 0 amide bonds. The number of nitrogen functional groups attached to an aromatic ring is 1. The largest absolute Gasteiger partial charge is 0.398 e. The molecule has 0 aliphatic rings. The fourth-order valence-electron chi connectivity index (χ4n) is 2.56. The number of hydrogen-bond donors (Lipinski definition) is 1. The molecule has 0 aliphatic heterocycles. The number of rotatable bonds is 6. The number of ketones is 1. The Morgan fingerprint density at radius 2 is 1.56 bits per heavy atom. The van der Waals surface area contributed by atoms with Crippen molar-refractivity contribution in [3.63, 3.8) is 0 Å². The second-order valence-corrected chi connectivity index (χ2v) is 7.85. The molecule has 3 rings (SSSR count). The van der Waals surface area contributed by atoms with Crippen LogP contribution in [0.3, 0.4) is 0 Å². The minimum absolute atomic E-state index is 0.00510. The number of hydrogen-bond acceptors (Lipinski definition) is 3. The van der Waals surface area contributed by atoms with E-state index in [4.69, 9.17) is 5.73 Å². The van der Waals surface area contributed by atoms with Gasteiger partial charge in [-0.1, -0.05) is 70.5 Å². The number of Topliss-reactive ketones (excluding diaryl/α,β-unsaturated/α-hetero) is 1. The van der Waals surface area contributed by atoms with Crippen LogP contribution in [0.4, 0.5) is 5.69 Å². The Balaban J connectivity index is 1.87. The molecule has 0 saturated carbocycles. The number of thioether (sulfide) groups is 1. The Kier molecular flexibility index (Phi) is 5.95. The molecule has 0 heterocycles. The fourth-order valence-corrected chi connectivity index (χ4v) is 4.02. The predicted octanol–water partition coefficient (Wildman–Crippen LogP) is 6.14. The maximum Gasteiger partial charge on any atom is 0.164 e. The Morgan fingerprint density at radius 3 is 2.24 bits per heavy atom. The summed E-state index contributed by atoms with van der Waals surface area (Å²) in [6.07, 6.45) is 0.421. The zero-order chi connectivity index (χ0) is 17.6. The molecule has 0 saturated heterocycles. The summed E-state index contributed by atoms with van der Waals surface area (Å²) < 4.78 is 1.02. The maximum absolute atomic E-state index is 12.7. The van der Waals surface area contributed by atoms with Gasteiger partial charge in [0.05, 0.1) is 0 Å². The summed E-state index contributed by atoms with van der Waals surface area (Å²) in [5, 5.41) is 0.00510. The molecule has 3 aromatic rings. The summed E-state index contributed by atoms with van der Waals surface area (Å²) in [6.45, 7) is 0. The van der Waals surface area contributed by atoms with Crippen LogP contribution < -0.4 is 5.73 Å². The van der Waals surface area contributed by atoms with Crippen LogP contribution in [0.1, 0.15) is 27.6 Å². The number of nitrogens with two attached hydrogens (primary N) is 1. The number of halogens is 1. The third-order valence-electron chi connectivity index (χ3n) is 3.90. The first kappa shape index (κ1) is 17.8. The third-order valence-corrected chi connectivity index (χ3v) is 5.77. The first-order chi connectivity index (χ1) is 12.1. The van der Waals surface area contributed by atoms with Gasteiger partial charge in [-0.25, -0.2) is 0 Å². The van der Waals surface area contributed by atoms with Crippen LogP contribution >= 0.6 is 27.7 Å². The molecule has 126 valence electrons. The summed E-state index contributed by atoms with van der Waals surface area (Å²) in [6, 6.07) is 25.3. The smallest absolute Gasteiger partial charge is 0.164 e. The Hall–Kier alpha value is -2.04. The molecule has 3 aromatic carbocycles. The molecule has 0 spiro atoms. The third kappa shape index (κ3) is 4.74. The van der Waals surface area contributed by atoms with Crippen molar-refractivity contribution in [2.24, 2.45) is 0 Å². The number of carbonyl (C=O) groups is 1. The van der Waals surface area contributed by atoms with Crippen molar-refractivity contribution in [1.82, 2.24) is 0 Å². The normalized spacial score (nSPS) is 11.9. The van der Waals surface area contributed by atoms with Crippen molar-refractivity contribution in [3.8, 4) is 0 Å². The highest BCUT2D eigenvalue weighted by atomic mass is 79.9. The van der Waals surface area contributed by atoms with Crippen LogP contribution in [0.25, 0.3) is 0 Å². The zero-order valence-electron chi connectivity index (χ0n) is 13.6.